The number of rotatable bonds is 9. The third kappa shape index (κ3) is 5.96. The average Bonchev–Trinajstić information content (AvgIpc) is 3.39. The lowest BCUT2D eigenvalue weighted by Crippen LogP contribution is -2.14. The number of carbonyl (C=O) groups is 1. The van der Waals surface area contributed by atoms with E-state index in [0.29, 0.717) is 52.2 Å². The van der Waals surface area contributed by atoms with Crippen molar-refractivity contribution in [2.75, 3.05) is 20.3 Å². The molecule has 37 heavy (non-hydrogen) atoms. The quantitative estimate of drug-likeness (QED) is 0.247. The van der Waals surface area contributed by atoms with E-state index in [1.807, 2.05) is 12.3 Å². The van der Waals surface area contributed by atoms with E-state index in [9.17, 15) is 14.3 Å². The number of thiazole rings is 1. The van der Waals surface area contributed by atoms with Crippen LogP contribution in [-0.2, 0) is 11.3 Å². The minimum absolute atomic E-state index is 0.00180. The van der Waals surface area contributed by atoms with E-state index in [0.717, 1.165) is 5.56 Å². The van der Waals surface area contributed by atoms with Crippen LogP contribution in [0.15, 0.2) is 57.9 Å². The van der Waals surface area contributed by atoms with Crippen LogP contribution in [0.4, 0.5) is 4.39 Å². The summed E-state index contributed by atoms with van der Waals surface area (Å²) in [6, 6.07) is 10.7. The number of primary amides is 1. The molecule has 0 radical (unpaired) electrons. The molecule has 9 nitrogen and oxygen atoms in total. The first-order chi connectivity index (χ1) is 17.8. The van der Waals surface area contributed by atoms with E-state index in [2.05, 4.69) is 15.2 Å². The minimum atomic E-state index is -0.745. The van der Waals surface area contributed by atoms with Crippen LogP contribution in [0.3, 0.4) is 0 Å². The Kier molecular flexibility index (Phi) is 8.17. The zero-order chi connectivity index (χ0) is 26.5. The van der Waals surface area contributed by atoms with Crippen molar-refractivity contribution in [3.63, 3.8) is 0 Å². The highest BCUT2D eigenvalue weighted by molar-refractivity contribution is 7.07. The molecule has 0 bridgehead atoms. The highest BCUT2D eigenvalue weighted by Gasteiger charge is 2.15. The molecular weight excluding hydrogens is 519 g/mol. The molecule has 12 heteroatoms. The Hall–Kier alpha value is -3.80. The van der Waals surface area contributed by atoms with Crippen molar-refractivity contribution >= 4 is 35.1 Å². The van der Waals surface area contributed by atoms with E-state index in [1.165, 1.54) is 35.6 Å². The van der Waals surface area contributed by atoms with Gasteiger partial charge in [0.05, 0.1) is 48.4 Å². The molecule has 1 amide bonds. The summed E-state index contributed by atoms with van der Waals surface area (Å²) in [5.41, 5.74) is 8.77. The number of phenols is 1. The molecule has 0 spiro atoms. The number of methoxy groups -OCH3 is 1. The Morgan fingerprint density at radius 3 is 2.76 bits per heavy atom. The van der Waals surface area contributed by atoms with Gasteiger partial charge in [-0.2, -0.15) is 10.2 Å². The summed E-state index contributed by atoms with van der Waals surface area (Å²) in [6.45, 7) is 3.04. The minimum Gasteiger partial charge on any atom is -0.507 e. The average molecular weight is 543 g/mol. The fraction of sp³-hybridized carbons (Fsp3) is 0.200. The van der Waals surface area contributed by atoms with Gasteiger partial charge in [0.15, 0.2) is 0 Å². The lowest BCUT2D eigenvalue weighted by Gasteiger charge is -2.07. The number of aromatic nitrogens is 3. The van der Waals surface area contributed by atoms with Gasteiger partial charge in [0.25, 0.3) is 5.91 Å². The van der Waals surface area contributed by atoms with Crippen molar-refractivity contribution in [3.8, 4) is 17.0 Å². The van der Waals surface area contributed by atoms with Gasteiger partial charge < -0.3 is 15.6 Å². The lowest BCUT2D eigenvalue weighted by atomic mass is 10.1. The van der Waals surface area contributed by atoms with Crippen LogP contribution in [0.1, 0.15) is 27.2 Å². The fourth-order valence-electron chi connectivity index (χ4n) is 3.54. The molecular formula is C25H24ClFN6O3S. The van der Waals surface area contributed by atoms with Gasteiger partial charge in [-0.05, 0) is 42.8 Å². The van der Waals surface area contributed by atoms with Gasteiger partial charge >= 0.3 is 0 Å². The molecule has 192 valence electrons. The van der Waals surface area contributed by atoms with Gasteiger partial charge in [-0.15, -0.1) is 11.3 Å². The number of amides is 1. The number of carbonyl (C=O) groups excluding carboxylic acids is 1. The summed E-state index contributed by atoms with van der Waals surface area (Å²) < 4.78 is 21.6. The number of hydrogen-bond acceptors (Lipinski definition) is 7. The predicted molar refractivity (Wildman–Crippen MR) is 141 cm³/mol. The number of hydrogen-bond donors (Lipinski definition) is 2. The largest absolute Gasteiger partial charge is 0.507 e. The number of ether oxygens (including phenoxy) is 1. The Morgan fingerprint density at radius 2 is 2.05 bits per heavy atom. The van der Waals surface area contributed by atoms with Gasteiger partial charge in [0.2, 0.25) is 4.80 Å². The number of aryl methyl sites for hydroxylation is 1. The van der Waals surface area contributed by atoms with E-state index >= 15 is 0 Å². The summed E-state index contributed by atoms with van der Waals surface area (Å²) in [6.07, 6.45) is 1.59. The van der Waals surface area contributed by atoms with Crippen molar-refractivity contribution in [1.29, 1.82) is 0 Å². The maximum atomic E-state index is 13.3. The van der Waals surface area contributed by atoms with Gasteiger partial charge in [-0.1, -0.05) is 23.7 Å². The predicted octanol–water partition coefficient (Wildman–Crippen LogP) is 3.80. The highest BCUT2D eigenvalue weighted by atomic mass is 35.5. The zero-order valence-corrected chi connectivity index (χ0v) is 21.6. The number of aromatic hydroxyl groups is 1. The molecule has 2 heterocycles. The maximum Gasteiger partial charge on any atom is 0.252 e. The van der Waals surface area contributed by atoms with Crippen molar-refractivity contribution in [1.82, 2.24) is 14.5 Å². The first kappa shape index (κ1) is 26.3. The topological polar surface area (TPSA) is 120 Å². The summed E-state index contributed by atoms with van der Waals surface area (Å²) in [5.74, 6) is -1.26. The van der Waals surface area contributed by atoms with Crippen LogP contribution in [-0.4, -0.2) is 51.9 Å². The molecule has 0 aliphatic heterocycles. The Morgan fingerprint density at radius 1 is 1.30 bits per heavy atom. The third-order valence-electron chi connectivity index (χ3n) is 5.44. The second-order valence-corrected chi connectivity index (χ2v) is 9.20. The first-order valence-corrected chi connectivity index (χ1v) is 12.4. The van der Waals surface area contributed by atoms with Crippen molar-refractivity contribution in [2.24, 2.45) is 15.8 Å². The molecule has 0 aliphatic carbocycles. The summed E-state index contributed by atoms with van der Waals surface area (Å²) in [4.78, 5) is 16.9. The first-order valence-electron chi connectivity index (χ1n) is 11.1. The van der Waals surface area contributed by atoms with Crippen LogP contribution in [0.2, 0.25) is 5.15 Å². The molecule has 4 rings (SSSR count). The summed E-state index contributed by atoms with van der Waals surface area (Å²) in [7, 11) is 1.59. The number of halogens is 2. The molecule has 2 aromatic heterocycles. The maximum absolute atomic E-state index is 13.3. The van der Waals surface area contributed by atoms with Gasteiger partial charge in [-0.3, -0.25) is 9.79 Å². The fourth-order valence-corrected chi connectivity index (χ4v) is 4.69. The standard InChI is InChI=1S/C25H24ClFN6O3S/c1-15-20(23(26)32(31-15)13-16-3-6-18(27)7-4-16)12-30-33-21(14-37-25(33)29-9-10-36-2)17-5-8-22(34)19(11-17)24(28)35/h3-8,11-12,14,34H,9-10,13H2,1-2H3,(H2,28,35). The van der Waals surface area contributed by atoms with E-state index in [4.69, 9.17) is 22.1 Å². The SMILES string of the molecule is COCCN=c1scc(-c2ccc(O)c(C(N)=O)c2)n1N=Cc1c(C)nn(Cc2ccc(F)cc2)c1Cl. The molecule has 2 aromatic carbocycles. The normalized spacial score (nSPS) is 12.1. The number of benzene rings is 2. The van der Waals surface area contributed by atoms with Gasteiger partial charge in [0, 0.05) is 18.1 Å². The van der Waals surface area contributed by atoms with E-state index < -0.39 is 5.91 Å². The van der Waals surface area contributed by atoms with E-state index in [-0.39, 0.29) is 17.1 Å². The Bertz CT molecular complexity index is 1520. The zero-order valence-electron chi connectivity index (χ0n) is 20.1. The second-order valence-electron chi connectivity index (χ2n) is 8.00. The second kappa shape index (κ2) is 11.5. The number of nitrogens with zero attached hydrogens (tertiary/aromatic N) is 5. The molecule has 0 unspecified atom stereocenters. The molecule has 3 N–H and O–H groups in total. The van der Waals surface area contributed by atoms with Crippen LogP contribution in [0.25, 0.3) is 11.3 Å². The van der Waals surface area contributed by atoms with E-state index in [1.54, 1.807) is 40.9 Å². The van der Waals surface area contributed by atoms with Gasteiger partial charge in [0.1, 0.15) is 16.7 Å². The van der Waals surface area contributed by atoms with Crippen molar-refractivity contribution in [3.05, 3.63) is 86.0 Å². The lowest BCUT2D eigenvalue weighted by molar-refractivity contribution is 0.0998. The molecule has 0 saturated carbocycles. The summed E-state index contributed by atoms with van der Waals surface area (Å²) >= 11 is 7.99. The van der Waals surface area contributed by atoms with Crippen LogP contribution < -0.4 is 10.5 Å². The molecule has 0 atom stereocenters. The smallest absolute Gasteiger partial charge is 0.252 e. The molecule has 0 aliphatic rings. The summed E-state index contributed by atoms with van der Waals surface area (Å²) in [5, 5.41) is 21.4. The molecule has 0 saturated heterocycles. The number of nitrogens with two attached hydrogens (primary N) is 1. The Labute approximate surface area is 220 Å². The van der Waals surface area contributed by atoms with Gasteiger partial charge in [-0.25, -0.2) is 13.7 Å². The monoisotopic (exact) mass is 542 g/mol. The Balaban J connectivity index is 1.74. The van der Waals surface area contributed by atoms with Crippen LogP contribution in [0.5, 0.6) is 5.75 Å². The van der Waals surface area contributed by atoms with Crippen molar-refractivity contribution < 1.29 is 19.0 Å². The van der Waals surface area contributed by atoms with Crippen molar-refractivity contribution in [2.45, 2.75) is 13.5 Å². The van der Waals surface area contributed by atoms with Crippen LogP contribution >= 0.6 is 22.9 Å². The molecule has 0 fully saturated rings. The molecule has 4 aromatic rings. The third-order valence-corrected chi connectivity index (χ3v) is 6.70. The van der Waals surface area contributed by atoms with Crippen LogP contribution in [0, 0.1) is 12.7 Å². The highest BCUT2D eigenvalue weighted by Crippen LogP contribution is 2.27.